The molecule has 4 heteroatoms. The number of nitrogens with zero attached hydrogens (tertiary/aromatic N) is 1. The summed E-state index contributed by atoms with van der Waals surface area (Å²) in [7, 11) is 0. The Morgan fingerprint density at radius 2 is 2.16 bits per heavy atom. The van der Waals surface area contributed by atoms with Gasteiger partial charge in [-0.15, -0.1) is 0 Å². The summed E-state index contributed by atoms with van der Waals surface area (Å²) < 4.78 is 0. The summed E-state index contributed by atoms with van der Waals surface area (Å²) in [6.07, 6.45) is 3.54. The standard InChI is InChI=1S/C15H19N3O/c1-9-4-12-13(8-17-9)14(16)2-3-15(12)18-7-10-5-11(19)6-10/h2-4,8,10-11,18-19H,5-7,16H2,1H3. The summed E-state index contributed by atoms with van der Waals surface area (Å²) in [5, 5.41) is 14.9. The van der Waals surface area contributed by atoms with Crippen molar-refractivity contribution >= 4 is 22.1 Å². The summed E-state index contributed by atoms with van der Waals surface area (Å²) in [5.74, 6) is 0.575. The van der Waals surface area contributed by atoms with E-state index < -0.39 is 0 Å². The van der Waals surface area contributed by atoms with Gasteiger partial charge < -0.3 is 16.2 Å². The molecule has 1 aromatic carbocycles. The van der Waals surface area contributed by atoms with Gasteiger partial charge in [-0.2, -0.15) is 0 Å². The molecule has 0 amide bonds. The monoisotopic (exact) mass is 257 g/mol. The number of rotatable bonds is 3. The number of hydrogen-bond donors (Lipinski definition) is 3. The fraction of sp³-hybridized carbons (Fsp3) is 0.400. The summed E-state index contributed by atoms with van der Waals surface area (Å²) in [6, 6.07) is 5.99. The number of aliphatic hydroxyl groups is 1. The molecule has 0 aliphatic heterocycles. The summed E-state index contributed by atoms with van der Waals surface area (Å²) in [4.78, 5) is 4.30. The van der Waals surface area contributed by atoms with Crippen LogP contribution in [-0.4, -0.2) is 22.7 Å². The third kappa shape index (κ3) is 2.36. The van der Waals surface area contributed by atoms with E-state index in [2.05, 4.69) is 16.4 Å². The molecule has 1 aliphatic carbocycles. The molecule has 0 bridgehead atoms. The Bertz CT molecular complexity index is 606. The summed E-state index contributed by atoms with van der Waals surface area (Å²) in [6.45, 7) is 2.88. The second-order valence-electron chi connectivity index (χ2n) is 5.45. The number of nitrogens with one attached hydrogen (secondary N) is 1. The SMILES string of the molecule is Cc1cc2c(NCC3CC(O)C3)ccc(N)c2cn1. The molecule has 1 aliphatic rings. The molecule has 0 unspecified atom stereocenters. The number of benzene rings is 1. The zero-order valence-electron chi connectivity index (χ0n) is 11.1. The van der Waals surface area contributed by atoms with Crippen molar-refractivity contribution < 1.29 is 5.11 Å². The van der Waals surface area contributed by atoms with E-state index in [1.165, 1.54) is 0 Å². The van der Waals surface area contributed by atoms with Gasteiger partial charge in [-0.3, -0.25) is 4.98 Å². The van der Waals surface area contributed by atoms with Gasteiger partial charge in [0.2, 0.25) is 0 Å². The van der Waals surface area contributed by atoms with Gasteiger partial charge in [0.15, 0.2) is 0 Å². The first kappa shape index (κ1) is 12.2. The Morgan fingerprint density at radius 3 is 2.89 bits per heavy atom. The van der Waals surface area contributed by atoms with Crippen molar-refractivity contribution in [2.45, 2.75) is 25.9 Å². The number of nitrogen functional groups attached to an aromatic ring is 1. The molecule has 1 aromatic heterocycles. The number of nitrogens with two attached hydrogens (primary N) is 1. The van der Waals surface area contributed by atoms with Crippen molar-refractivity contribution in [2.75, 3.05) is 17.6 Å². The highest BCUT2D eigenvalue weighted by atomic mass is 16.3. The Morgan fingerprint density at radius 1 is 1.37 bits per heavy atom. The minimum absolute atomic E-state index is 0.0959. The topological polar surface area (TPSA) is 71.2 Å². The van der Waals surface area contributed by atoms with E-state index >= 15 is 0 Å². The van der Waals surface area contributed by atoms with Gasteiger partial charge in [0.05, 0.1) is 6.10 Å². The Kier molecular flexibility index (Phi) is 3.03. The molecule has 0 radical (unpaired) electrons. The molecule has 0 saturated heterocycles. The van der Waals surface area contributed by atoms with Gasteiger partial charge in [-0.25, -0.2) is 0 Å². The Labute approximate surface area is 112 Å². The highest BCUT2D eigenvalue weighted by Gasteiger charge is 2.26. The molecular weight excluding hydrogens is 238 g/mol. The van der Waals surface area contributed by atoms with Crippen LogP contribution in [0.25, 0.3) is 10.8 Å². The van der Waals surface area contributed by atoms with E-state index in [-0.39, 0.29) is 6.10 Å². The first-order chi connectivity index (χ1) is 9.13. The number of fused-ring (bicyclic) bond motifs is 1. The lowest BCUT2D eigenvalue weighted by Gasteiger charge is -2.31. The van der Waals surface area contributed by atoms with E-state index in [9.17, 15) is 5.11 Å². The van der Waals surface area contributed by atoms with Crippen LogP contribution in [0.2, 0.25) is 0 Å². The lowest BCUT2D eigenvalue weighted by molar-refractivity contribution is 0.0487. The van der Waals surface area contributed by atoms with Crippen LogP contribution in [0.15, 0.2) is 24.4 Å². The Hall–Kier alpha value is -1.81. The lowest BCUT2D eigenvalue weighted by Crippen LogP contribution is -2.33. The molecule has 4 nitrogen and oxygen atoms in total. The van der Waals surface area contributed by atoms with Crippen molar-refractivity contribution in [3.63, 3.8) is 0 Å². The lowest BCUT2D eigenvalue weighted by atomic mass is 9.82. The van der Waals surface area contributed by atoms with Crippen LogP contribution < -0.4 is 11.1 Å². The van der Waals surface area contributed by atoms with Gasteiger partial charge in [0, 0.05) is 40.6 Å². The highest BCUT2D eigenvalue weighted by Crippen LogP contribution is 2.31. The zero-order valence-corrected chi connectivity index (χ0v) is 11.1. The van der Waals surface area contributed by atoms with E-state index in [0.29, 0.717) is 5.92 Å². The van der Waals surface area contributed by atoms with E-state index in [1.54, 1.807) is 0 Å². The fourth-order valence-electron chi connectivity index (χ4n) is 2.64. The van der Waals surface area contributed by atoms with Crippen LogP contribution in [-0.2, 0) is 0 Å². The smallest absolute Gasteiger partial charge is 0.0546 e. The van der Waals surface area contributed by atoms with Crippen molar-refractivity contribution in [3.8, 4) is 0 Å². The normalized spacial score (nSPS) is 22.2. The molecule has 19 heavy (non-hydrogen) atoms. The number of pyridine rings is 1. The molecule has 3 rings (SSSR count). The predicted molar refractivity (Wildman–Crippen MR) is 78.1 cm³/mol. The molecule has 0 atom stereocenters. The van der Waals surface area contributed by atoms with Crippen LogP contribution in [0, 0.1) is 12.8 Å². The first-order valence-electron chi connectivity index (χ1n) is 6.70. The number of anilines is 2. The van der Waals surface area contributed by atoms with Crippen LogP contribution in [0.5, 0.6) is 0 Å². The largest absolute Gasteiger partial charge is 0.398 e. The van der Waals surface area contributed by atoms with Gasteiger partial charge in [-0.1, -0.05) is 0 Å². The van der Waals surface area contributed by atoms with E-state index in [4.69, 9.17) is 5.73 Å². The second-order valence-corrected chi connectivity index (χ2v) is 5.45. The summed E-state index contributed by atoms with van der Waals surface area (Å²) in [5.41, 5.74) is 8.82. The van der Waals surface area contributed by atoms with Crippen molar-refractivity contribution in [3.05, 3.63) is 30.1 Å². The molecule has 100 valence electrons. The fourth-order valence-corrected chi connectivity index (χ4v) is 2.64. The maximum atomic E-state index is 9.31. The predicted octanol–water partition coefficient (Wildman–Crippen LogP) is 2.31. The molecule has 4 N–H and O–H groups in total. The third-order valence-corrected chi connectivity index (χ3v) is 3.86. The average molecular weight is 257 g/mol. The van der Waals surface area contributed by atoms with Gasteiger partial charge in [-0.05, 0) is 43.9 Å². The molecule has 1 saturated carbocycles. The number of aryl methyl sites for hydroxylation is 1. The molecule has 2 aromatic rings. The zero-order chi connectivity index (χ0) is 13.4. The Balaban J connectivity index is 1.86. The average Bonchev–Trinajstić information content (AvgIpc) is 2.35. The maximum Gasteiger partial charge on any atom is 0.0546 e. The highest BCUT2D eigenvalue weighted by molar-refractivity contribution is 6.00. The molecule has 1 fully saturated rings. The maximum absolute atomic E-state index is 9.31. The first-order valence-corrected chi connectivity index (χ1v) is 6.70. The van der Waals surface area contributed by atoms with Crippen molar-refractivity contribution in [1.29, 1.82) is 0 Å². The van der Waals surface area contributed by atoms with Crippen molar-refractivity contribution in [2.24, 2.45) is 5.92 Å². The molecule has 1 heterocycles. The van der Waals surface area contributed by atoms with Gasteiger partial charge >= 0.3 is 0 Å². The molecule has 0 spiro atoms. The quantitative estimate of drug-likeness (QED) is 0.738. The summed E-state index contributed by atoms with van der Waals surface area (Å²) >= 11 is 0. The number of aliphatic hydroxyl groups excluding tert-OH is 1. The van der Waals surface area contributed by atoms with Crippen LogP contribution in [0.1, 0.15) is 18.5 Å². The minimum atomic E-state index is -0.0959. The van der Waals surface area contributed by atoms with Crippen molar-refractivity contribution in [1.82, 2.24) is 4.98 Å². The van der Waals surface area contributed by atoms with Crippen LogP contribution in [0.3, 0.4) is 0 Å². The van der Waals surface area contributed by atoms with Gasteiger partial charge in [0.1, 0.15) is 0 Å². The number of aromatic nitrogens is 1. The second kappa shape index (κ2) is 4.70. The van der Waals surface area contributed by atoms with E-state index in [1.807, 2.05) is 25.3 Å². The third-order valence-electron chi connectivity index (χ3n) is 3.86. The molecular formula is C15H19N3O. The minimum Gasteiger partial charge on any atom is -0.398 e. The van der Waals surface area contributed by atoms with Crippen LogP contribution in [0.4, 0.5) is 11.4 Å². The van der Waals surface area contributed by atoms with E-state index in [0.717, 1.165) is 47.2 Å². The van der Waals surface area contributed by atoms with Gasteiger partial charge in [0.25, 0.3) is 0 Å². The van der Waals surface area contributed by atoms with Crippen LogP contribution >= 0.6 is 0 Å². The number of hydrogen-bond acceptors (Lipinski definition) is 4.